The van der Waals surface area contributed by atoms with Crippen LogP contribution in [0, 0.1) is 20.2 Å². The van der Waals surface area contributed by atoms with Crippen molar-refractivity contribution in [3.05, 3.63) is 416 Å². The number of hydrogen-bond donors (Lipinski definition) is 8. The molecule has 33 nitrogen and oxygen atoms in total. The number of benzene rings is 12. The van der Waals surface area contributed by atoms with Gasteiger partial charge in [0.15, 0.2) is 0 Å². The van der Waals surface area contributed by atoms with Crippen molar-refractivity contribution in [2.45, 2.75) is 106 Å². The van der Waals surface area contributed by atoms with Crippen LogP contribution in [0.5, 0.6) is 23.0 Å². The molecule has 142 heavy (non-hydrogen) atoms. The van der Waals surface area contributed by atoms with E-state index in [2.05, 4.69) is 42.5 Å². The van der Waals surface area contributed by atoms with Crippen LogP contribution < -0.4 is 61.5 Å². The summed E-state index contributed by atoms with van der Waals surface area (Å²) in [6.07, 6.45) is 0.650. The normalized spacial score (nSPS) is 12.5. The van der Waals surface area contributed by atoms with Gasteiger partial charge in [0.2, 0.25) is 29.5 Å². The molecule has 12 aromatic carbocycles. The molecule has 13 rings (SSSR count). The highest BCUT2D eigenvalue weighted by molar-refractivity contribution is 6.15. The van der Waals surface area contributed by atoms with Crippen LogP contribution in [0.3, 0.4) is 0 Å². The molecule has 1 heterocycles. The van der Waals surface area contributed by atoms with E-state index in [-0.39, 0.29) is 66.7 Å². The summed E-state index contributed by atoms with van der Waals surface area (Å²) in [5, 5.41) is 47.9. The highest BCUT2D eigenvalue weighted by atomic mass is 16.7. The molecule has 9 amide bonds. The number of nitro groups is 2. The fourth-order valence-corrected chi connectivity index (χ4v) is 16.5. The molecule has 0 aliphatic carbocycles. The van der Waals surface area contributed by atoms with Gasteiger partial charge >= 0.3 is 12.3 Å². The number of nitrogens with zero attached hydrogens (tertiary/aromatic N) is 4. The van der Waals surface area contributed by atoms with Gasteiger partial charge in [-0.15, -0.1) is 0 Å². The molecule has 728 valence electrons. The Morgan fingerprint density at radius 1 is 0.359 bits per heavy atom. The van der Waals surface area contributed by atoms with Gasteiger partial charge in [-0.2, -0.15) is 0 Å². The summed E-state index contributed by atoms with van der Waals surface area (Å²) in [5.41, 5.74) is 6.11. The van der Waals surface area contributed by atoms with Crippen molar-refractivity contribution in [3.63, 3.8) is 0 Å². The van der Waals surface area contributed by atoms with Crippen molar-refractivity contribution in [2.24, 2.45) is 0 Å². The molecule has 0 spiro atoms. The van der Waals surface area contributed by atoms with E-state index in [1.807, 2.05) is 170 Å². The maximum Gasteiger partial charge on any atom is 0.514 e. The van der Waals surface area contributed by atoms with Gasteiger partial charge in [-0.3, -0.25) is 89.5 Å². The highest BCUT2D eigenvalue weighted by Gasteiger charge is 2.40. The largest absolute Gasteiger partial charge is 0.514 e. The molecule has 33 heteroatoms. The molecule has 0 bridgehead atoms. The molecule has 1 aliphatic rings. The van der Waals surface area contributed by atoms with Gasteiger partial charge in [-0.25, -0.2) is 14.5 Å². The van der Waals surface area contributed by atoms with Gasteiger partial charge in [-0.1, -0.05) is 243 Å². The lowest BCUT2D eigenvalue weighted by molar-refractivity contribution is -0.385. The minimum absolute atomic E-state index is 0.00584. The van der Waals surface area contributed by atoms with Gasteiger partial charge in [-0.05, 0) is 180 Å². The fourth-order valence-electron chi connectivity index (χ4n) is 16.5. The van der Waals surface area contributed by atoms with Crippen LogP contribution in [0.4, 0.5) is 32.3 Å². The number of non-ortho nitro benzene ring substituents is 2. The Hall–Kier alpha value is -17.0. The van der Waals surface area contributed by atoms with Crippen molar-refractivity contribution in [2.75, 3.05) is 57.6 Å². The topological polar surface area (TPSA) is 432 Å². The zero-order chi connectivity index (χ0) is 100. The SMILES string of the molecule is COc1ccc(C(NCCCC[C@H](N[C@@H](Cc2ccccc2)C(=O)NCC(=O)N(C(=O)CCN2C(=O)C=CC2=O)C(=O)CNC(=O)[C@H](Cc2ccccc2)N[C@@H](CCCCNC(c2ccccc2)(c2ccccc2)c2ccc(OC)cc2)C(=O)Nc2ccc(COC(=O)Oc3ccc([N+](=O)[O-])cc3)cc2)C(=O)Nc2ccc(COC(=O)Oc3ccc([N+](=O)[O-])cc3)cc2)(c2ccccc2)c2ccccc2)cc1. The van der Waals surface area contributed by atoms with Gasteiger partial charge in [0.25, 0.3) is 35.0 Å². The van der Waals surface area contributed by atoms with Crippen LogP contribution in [-0.4, -0.2) is 156 Å². The Labute approximate surface area is 819 Å². The second-order valence-corrected chi connectivity index (χ2v) is 33.2. The summed E-state index contributed by atoms with van der Waals surface area (Å²) in [4.78, 5) is 179. The molecule has 1 aliphatic heterocycles. The smallest absolute Gasteiger partial charge is 0.497 e. The third-order valence-corrected chi connectivity index (χ3v) is 23.8. The molecule has 0 aromatic heterocycles. The average molecular weight is 1920 g/mol. The molecule has 0 fully saturated rings. The summed E-state index contributed by atoms with van der Waals surface area (Å²) in [5.74, 6) is -6.98. The van der Waals surface area contributed by atoms with Crippen molar-refractivity contribution in [1.29, 1.82) is 0 Å². The second kappa shape index (κ2) is 50.9. The number of rotatable bonds is 49. The molecular formula is C109H106N12O21. The Bertz CT molecular complexity index is 5890. The lowest BCUT2D eigenvalue weighted by Gasteiger charge is -2.37. The Morgan fingerprint density at radius 3 is 1.00 bits per heavy atom. The Balaban J connectivity index is 0.744. The molecule has 0 unspecified atom stereocenters. The predicted molar refractivity (Wildman–Crippen MR) is 528 cm³/mol. The zero-order valence-electron chi connectivity index (χ0n) is 77.8. The van der Waals surface area contributed by atoms with Gasteiger partial charge < -0.3 is 49.7 Å². The van der Waals surface area contributed by atoms with E-state index < -0.39 is 137 Å². The van der Waals surface area contributed by atoms with Crippen LogP contribution in [0.1, 0.15) is 101 Å². The molecule has 0 radical (unpaired) electrons. The fraction of sp³-hybridized carbons (Fsp3) is 0.220. The van der Waals surface area contributed by atoms with Crippen molar-refractivity contribution in [1.82, 2.24) is 41.7 Å². The average Bonchev–Trinajstić information content (AvgIpc) is 0.897. The lowest BCUT2D eigenvalue weighted by Crippen LogP contribution is -2.56. The third kappa shape index (κ3) is 28.1. The van der Waals surface area contributed by atoms with Crippen molar-refractivity contribution >= 4 is 88.2 Å². The Kier molecular flexibility index (Phi) is 36.7. The first-order valence-electron chi connectivity index (χ1n) is 46.0. The van der Waals surface area contributed by atoms with Crippen LogP contribution in [-0.2, 0) is 89.8 Å². The van der Waals surface area contributed by atoms with Gasteiger partial charge in [0.05, 0.1) is 72.4 Å². The number of nitrogens with one attached hydrogen (secondary N) is 8. The highest BCUT2D eigenvalue weighted by Crippen LogP contribution is 2.40. The molecule has 8 N–H and O–H groups in total. The summed E-state index contributed by atoms with van der Waals surface area (Å²) < 4.78 is 32.3. The van der Waals surface area contributed by atoms with Crippen molar-refractivity contribution < 1.29 is 91.0 Å². The van der Waals surface area contributed by atoms with Crippen molar-refractivity contribution in [3.8, 4) is 23.0 Å². The number of hydrogen-bond acceptors (Lipinski definition) is 25. The number of methoxy groups -OCH3 is 2. The first-order chi connectivity index (χ1) is 68.9. The molecule has 12 aromatic rings. The van der Waals surface area contributed by atoms with Gasteiger partial charge in [0.1, 0.15) is 36.2 Å². The van der Waals surface area contributed by atoms with Crippen LogP contribution in [0.25, 0.3) is 0 Å². The number of carbonyl (C=O) groups excluding carboxylic acids is 11. The van der Waals surface area contributed by atoms with E-state index in [1.54, 1.807) is 123 Å². The maximum absolute atomic E-state index is 15.3. The number of carbonyl (C=O) groups is 11. The lowest BCUT2D eigenvalue weighted by atomic mass is 9.77. The summed E-state index contributed by atoms with van der Waals surface area (Å²) in [7, 11) is 3.19. The minimum atomic E-state index is -1.35. The van der Waals surface area contributed by atoms with Crippen LogP contribution >= 0.6 is 0 Å². The number of unbranched alkanes of at least 4 members (excludes halogenated alkanes) is 2. The Morgan fingerprint density at radius 2 is 0.676 bits per heavy atom. The first-order valence-corrected chi connectivity index (χ1v) is 46.0. The number of nitro benzene ring substituents is 2. The summed E-state index contributed by atoms with van der Waals surface area (Å²) in [6, 6.07) is 90.1. The zero-order valence-corrected chi connectivity index (χ0v) is 77.8. The van der Waals surface area contributed by atoms with Crippen LogP contribution in [0.15, 0.2) is 340 Å². The van der Waals surface area contributed by atoms with E-state index in [1.165, 1.54) is 48.5 Å². The van der Waals surface area contributed by atoms with E-state index in [0.29, 0.717) is 83.9 Å². The van der Waals surface area contributed by atoms with E-state index >= 15 is 28.8 Å². The molecule has 0 saturated heterocycles. The van der Waals surface area contributed by atoms with Crippen LogP contribution in [0.2, 0.25) is 0 Å². The number of amides is 9. The monoisotopic (exact) mass is 1920 g/mol. The third-order valence-electron chi connectivity index (χ3n) is 23.8. The molecular weight excluding hydrogens is 1810 g/mol. The number of anilines is 2. The van der Waals surface area contributed by atoms with E-state index in [9.17, 15) is 44.2 Å². The second-order valence-electron chi connectivity index (χ2n) is 33.2. The molecule has 4 atom stereocenters. The quantitative estimate of drug-likeness (QED) is 0.00334. The first kappa shape index (κ1) is 102. The summed E-state index contributed by atoms with van der Waals surface area (Å²) in [6.45, 7) is -2.47. The maximum atomic E-state index is 15.3. The number of imide groups is 4. The van der Waals surface area contributed by atoms with E-state index in [4.69, 9.17) is 28.4 Å². The predicted octanol–water partition coefficient (Wildman–Crippen LogP) is 14.6. The standard InChI is InChI=1S/C109H106N12O21/c1-137-89-55-43-83(44-56-89)108(79-29-13-5-14-30-79,80-31-15-6-16-32-80)112-66-23-21-37-93(104(129)114-85-47-39-77(40-48-85)73-139-106(131)141-91-59-51-87(52-60-91)120(133)134)116-95(69-75-25-9-3-10-26-75)102(127)110-71-100(125)119(99(124)65-68-118-97(122)63-64-98(118)123)101(126)72-111-103(128)96(70-76-27-11-4-12-28-76)117-94(105(130)115-86-49-41-78(42-50-86)74-140-107(132)142-92-61-53-88(54-62-92)121(135)136)38-22-24-67-113-109(81-33-17-7-18-34-81,82-35-19-8-20-36-82)84-45-57-90(138-2)58-46-84/h3-20,25-36,39-64,93-96,112-113,116-117H,21-24,37-38,65-74H2,1-2H3,(H,110,127)(H,111,128)(H,114,129)(H,115,130)/t93-,94-,95-,96-/m0/s1. The van der Waals surface area contributed by atoms with E-state index in [0.717, 1.165) is 50.4 Å². The number of ether oxygens (including phenoxy) is 6. The molecule has 0 saturated carbocycles. The minimum Gasteiger partial charge on any atom is -0.497 e. The summed E-state index contributed by atoms with van der Waals surface area (Å²) >= 11 is 0. The van der Waals surface area contributed by atoms with Gasteiger partial charge in [0, 0.05) is 60.8 Å².